The Morgan fingerprint density at radius 1 is 1.08 bits per heavy atom. The maximum Gasteiger partial charge on any atom is 0.273 e. The molecule has 4 N–H and O–H groups in total. The Morgan fingerprint density at radius 2 is 1.80 bits per heavy atom. The first-order valence-corrected chi connectivity index (χ1v) is 7.79. The van der Waals surface area contributed by atoms with Crippen LogP contribution in [0.5, 0.6) is 0 Å². The molecule has 0 atom stereocenters. The molecule has 1 heterocycles. The van der Waals surface area contributed by atoms with Crippen LogP contribution in [0.2, 0.25) is 0 Å². The Bertz CT molecular complexity index is 942. The number of benzene rings is 2. The summed E-state index contributed by atoms with van der Waals surface area (Å²) in [4.78, 5) is 23.9. The van der Waals surface area contributed by atoms with Gasteiger partial charge in [-0.1, -0.05) is 35.9 Å². The van der Waals surface area contributed by atoms with Gasteiger partial charge in [0.15, 0.2) is 0 Å². The molecule has 0 fully saturated rings. The third-order valence-corrected chi connectivity index (χ3v) is 4.02. The zero-order valence-electron chi connectivity index (χ0n) is 14.0. The van der Waals surface area contributed by atoms with Gasteiger partial charge < -0.3 is 11.1 Å². The molecule has 0 saturated heterocycles. The van der Waals surface area contributed by atoms with Gasteiger partial charge in [-0.2, -0.15) is 5.10 Å². The lowest BCUT2D eigenvalue weighted by atomic mass is 10.1. The average molecular weight is 334 g/mol. The summed E-state index contributed by atoms with van der Waals surface area (Å²) in [5.74, 6) is -0.868. The second-order valence-electron chi connectivity index (χ2n) is 5.83. The first-order valence-electron chi connectivity index (χ1n) is 7.79. The van der Waals surface area contributed by atoms with Crippen molar-refractivity contribution in [2.45, 2.75) is 13.8 Å². The van der Waals surface area contributed by atoms with E-state index < -0.39 is 5.91 Å². The molecule has 1 aromatic heterocycles. The molecule has 0 saturated carbocycles. The predicted molar refractivity (Wildman–Crippen MR) is 96.4 cm³/mol. The molecule has 2 aromatic carbocycles. The second kappa shape index (κ2) is 6.60. The third-order valence-electron chi connectivity index (χ3n) is 4.02. The van der Waals surface area contributed by atoms with Crippen LogP contribution in [0.3, 0.4) is 0 Å². The van der Waals surface area contributed by atoms with E-state index in [1.807, 2.05) is 31.2 Å². The number of rotatable bonds is 4. The normalized spacial score (nSPS) is 10.5. The van der Waals surface area contributed by atoms with Crippen LogP contribution in [0.25, 0.3) is 11.3 Å². The minimum Gasteiger partial charge on any atom is -0.366 e. The van der Waals surface area contributed by atoms with Crippen molar-refractivity contribution in [1.29, 1.82) is 0 Å². The largest absolute Gasteiger partial charge is 0.366 e. The molecule has 3 rings (SSSR count). The summed E-state index contributed by atoms with van der Waals surface area (Å²) >= 11 is 0. The molecular formula is C19H18N4O2. The summed E-state index contributed by atoms with van der Waals surface area (Å²) in [6, 6.07) is 14.6. The van der Waals surface area contributed by atoms with Crippen molar-refractivity contribution >= 4 is 17.5 Å². The van der Waals surface area contributed by atoms with Crippen molar-refractivity contribution in [3.8, 4) is 11.3 Å². The van der Waals surface area contributed by atoms with E-state index in [0.29, 0.717) is 28.2 Å². The molecule has 6 heteroatoms. The molecule has 0 aliphatic carbocycles. The van der Waals surface area contributed by atoms with E-state index in [-0.39, 0.29) is 5.91 Å². The number of aromatic nitrogens is 2. The van der Waals surface area contributed by atoms with Crippen molar-refractivity contribution < 1.29 is 9.59 Å². The zero-order valence-corrected chi connectivity index (χ0v) is 14.0. The van der Waals surface area contributed by atoms with E-state index >= 15 is 0 Å². The second-order valence-corrected chi connectivity index (χ2v) is 5.83. The Labute approximate surface area is 145 Å². The molecule has 0 radical (unpaired) electrons. The SMILES string of the molecule is Cc1ccc(-c2cc(C(=O)Nc3cccc(C(N)=O)c3C)[nH]n2)cc1. The fourth-order valence-electron chi connectivity index (χ4n) is 2.54. The fourth-order valence-corrected chi connectivity index (χ4v) is 2.54. The van der Waals surface area contributed by atoms with Crippen LogP contribution >= 0.6 is 0 Å². The first-order chi connectivity index (χ1) is 12.0. The van der Waals surface area contributed by atoms with Crippen molar-refractivity contribution in [2.75, 3.05) is 5.32 Å². The number of hydrogen-bond donors (Lipinski definition) is 3. The van der Waals surface area contributed by atoms with Crippen molar-refractivity contribution in [3.63, 3.8) is 0 Å². The molecule has 25 heavy (non-hydrogen) atoms. The van der Waals surface area contributed by atoms with Crippen LogP contribution in [0.15, 0.2) is 48.5 Å². The minimum absolute atomic E-state index is 0.333. The maximum absolute atomic E-state index is 12.4. The number of aryl methyl sites for hydroxylation is 1. The van der Waals surface area contributed by atoms with E-state index in [1.54, 1.807) is 31.2 Å². The molecule has 6 nitrogen and oxygen atoms in total. The molecule has 0 bridgehead atoms. The molecule has 2 amide bonds. The number of primary amides is 1. The van der Waals surface area contributed by atoms with Crippen molar-refractivity contribution in [1.82, 2.24) is 10.2 Å². The van der Waals surface area contributed by atoms with E-state index in [2.05, 4.69) is 15.5 Å². The van der Waals surface area contributed by atoms with E-state index in [1.165, 1.54) is 0 Å². The number of carbonyl (C=O) groups excluding carboxylic acids is 2. The van der Waals surface area contributed by atoms with Gasteiger partial charge in [-0.3, -0.25) is 14.7 Å². The number of carbonyl (C=O) groups is 2. The maximum atomic E-state index is 12.4. The zero-order chi connectivity index (χ0) is 18.0. The third kappa shape index (κ3) is 3.42. The molecular weight excluding hydrogens is 316 g/mol. The minimum atomic E-state index is -0.531. The van der Waals surface area contributed by atoms with Crippen LogP contribution in [-0.2, 0) is 0 Å². The van der Waals surface area contributed by atoms with Gasteiger partial charge in [0.05, 0.1) is 5.69 Å². The van der Waals surface area contributed by atoms with Gasteiger partial charge in [-0.05, 0) is 37.6 Å². The molecule has 3 aromatic rings. The van der Waals surface area contributed by atoms with Crippen LogP contribution in [0.1, 0.15) is 32.0 Å². The van der Waals surface area contributed by atoms with Gasteiger partial charge >= 0.3 is 0 Å². The Morgan fingerprint density at radius 3 is 2.48 bits per heavy atom. The number of nitrogens with zero attached hydrogens (tertiary/aromatic N) is 1. The summed E-state index contributed by atoms with van der Waals surface area (Å²) in [5.41, 5.74) is 9.97. The molecule has 0 unspecified atom stereocenters. The van der Waals surface area contributed by atoms with E-state index in [4.69, 9.17) is 5.73 Å². The molecule has 0 spiro atoms. The van der Waals surface area contributed by atoms with E-state index in [9.17, 15) is 9.59 Å². The topological polar surface area (TPSA) is 101 Å². The number of nitrogens with one attached hydrogen (secondary N) is 2. The summed E-state index contributed by atoms with van der Waals surface area (Å²) in [6.07, 6.45) is 0. The fraction of sp³-hybridized carbons (Fsp3) is 0.105. The summed E-state index contributed by atoms with van der Waals surface area (Å²) in [7, 11) is 0. The van der Waals surface area contributed by atoms with E-state index in [0.717, 1.165) is 11.1 Å². The highest BCUT2D eigenvalue weighted by molar-refractivity contribution is 6.05. The van der Waals surface area contributed by atoms with Crippen LogP contribution in [0, 0.1) is 13.8 Å². The van der Waals surface area contributed by atoms with Gasteiger partial charge in [0, 0.05) is 16.8 Å². The van der Waals surface area contributed by atoms with Gasteiger partial charge in [-0.15, -0.1) is 0 Å². The lowest BCUT2D eigenvalue weighted by Gasteiger charge is -2.09. The standard InChI is InChI=1S/C19H18N4O2/c1-11-6-8-13(9-7-11)16-10-17(23-22-16)19(25)21-15-5-3-4-14(12(15)2)18(20)24/h3-10H,1-2H3,(H2,20,24)(H,21,25)(H,22,23). The summed E-state index contributed by atoms with van der Waals surface area (Å²) in [6.45, 7) is 3.75. The molecule has 0 aliphatic rings. The van der Waals surface area contributed by atoms with Gasteiger partial charge in [-0.25, -0.2) is 0 Å². The smallest absolute Gasteiger partial charge is 0.273 e. The number of H-pyrrole nitrogens is 1. The number of nitrogens with two attached hydrogens (primary N) is 1. The highest BCUT2D eigenvalue weighted by Crippen LogP contribution is 2.21. The van der Waals surface area contributed by atoms with Crippen LogP contribution < -0.4 is 11.1 Å². The average Bonchev–Trinajstić information content (AvgIpc) is 3.07. The number of anilines is 1. The number of hydrogen-bond acceptors (Lipinski definition) is 3. The Balaban J connectivity index is 1.82. The monoisotopic (exact) mass is 334 g/mol. The molecule has 126 valence electrons. The van der Waals surface area contributed by atoms with Crippen molar-refractivity contribution in [3.05, 3.63) is 70.9 Å². The summed E-state index contributed by atoms with van der Waals surface area (Å²) in [5, 5.41) is 9.71. The highest BCUT2D eigenvalue weighted by Gasteiger charge is 2.14. The number of amides is 2. The lowest BCUT2D eigenvalue weighted by Crippen LogP contribution is -2.17. The van der Waals surface area contributed by atoms with Crippen LogP contribution in [0.4, 0.5) is 5.69 Å². The van der Waals surface area contributed by atoms with Gasteiger partial charge in [0.2, 0.25) is 5.91 Å². The predicted octanol–water partition coefficient (Wildman–Crippen LogP) is 3.04. The van der Waals surface area contributed by atoms with Gasteiger partial charge in [0.1, 0.15) is 5.69 Å². The summed E-state index contributed by atoms with van der Waals surface area (Å²) < 4.78 is 0. The molecule has 0 aliphatic heterocycles. The van der Waals surface area contributed by atoms with Crippen molar-refractivity contribution in [2.24, 2.45) is 5.73 Å². The van der Waals surface area contributed by atoms with Crippen LogP contribution in [-0.4, -0.2) is 22.0 Å². The lowest BCUT2D eigenvalue weighted by molar-refractivity contribution is 0.0995. The number of aromatic amines is 1. The Hall–Kier alpha value is -3.41. The quantitative estimate of drug-likeness (QED) is 0.683. The van der Waals surface area contributed by atoms with Gasteiger partial charge in [0.25, 0.3) is 5.91 Å². The highest BCUT2D eigenvalue weighted by atomic mass is 16.2. The Kier molecular flexibility index (Phi) is 4.35. The first kappa shape index (κ1) is 16.4.